The second kappa shape index (κ2) is 4.50. The maximum Gasteiger partial charge on any atom is 0.176 e. The minimum absolute atomic E-state index is 0.280. The van der Waals surface area contributed by atoms with Gasteiger partial charge >= 0.3 is 0 Å². The van der Waals surface area contributed by atoms with Crippen molar-refractivity contribution in [1.29, 1.82) is 0 Å². The highest BCUT2D eigenvalue weighted by Crippen LogP contribution is 2.14. The standard InChI is InChI=1S/C9H7FN2OS2/c10-6-1-3-7(4-2-6)13-5-8-11-12-9(14)15-8/h1-4H,5H2,(H,12,14). The van der Waals surface area contributed by atoms with E-state index in [-0.39, 0.29) is 5.82 Å². The first-order chi connectivity index (χ1) is 7.24. The van der Waals surface area contributed by atoms with E-state index in [2.05, 4.69) is 10.2 Å². The van der Waals surface area contributed by atoms with Crippen LogP contribution in [-0.4, -0.2) is 10.2 Å². The summed E-state index contributed by atoms with van der Waals surface area (Å²) >= 11 is 6.24. The van der Waals surface area contributed by atoms with Gasteiger partial charge in [0, 0.05) is 0 Å². The van der Waals surface area contributed by atoms with Crippen LogP contribution in [0.4, 0.5) is 4.39 Å². The highest BCUT2D eigenvalue weighted by molar-refractivity contribution is 7.73. The maximum atomic E-state index is 12.6. The Balaban J connectivity index is 1.99. The first kappa shape index (κ1) is 10.3. The summed E-state index contributed by atoms with van der Waals surface area (Å²) in [6.07, 6.45) is 0. The summed E-state index contributed by atoms with van der Waals surface area (Å²) in [6.45, 7) is 0.337. The Hall–Kier alpha value is -1.27. The third-order valence-electron chi connectivity index (χ3n) is 1.66. The fourth-order valence-corrected chi connectivity index (χ4v) is 1.85. The molecular formula is C9H7FN2OS2. The van der Waals surface area contributed by atoms with Gasteiger partial charge in [-0.2, -0.15) is 5.10 Å². The Labute approximate surface area is 94.5 Å². The van der Waals surface area contributed by atoms with Crippen LogP contribution in [0.15, 0.2) is 24.3 Å². The molecule has 1 aromatic heterocycles. The molecule has 0 saturated carbocycles. The van der Waals surface area contributed by atoms with Crippen LogP contribution in [0, 0.1) is 9.77 Å². The smallest absolute Gasteiger partial charge is 0.176 e. The van der Waals surface area contributed by atoms with Gasteiger partial charge in [-0.1, -0.05) is 11.3 Å². The van der Waals surface area contributed by atoms with Crippen LogP contribution < -0.4 is 4.74 Å². The maximum absolute atomic E-state index is 12.6. The molecule has 0 spiro atoms. The third kappa shape index (κ3) is 2.84. The van der Waals surface area contributed by atoms with Gasteiger partial charge in [-0.15, -0.1) is 0 Å². The average molecular weight is 242 g/mol. The van der Waals surface area contributed by atoms with Crippen LogP contribution in [0.25, 0.3) is 0 Å². The lowest BCUT2D eigenvalue weighted by atomic mass is 10.3. The number of H-pyrrole nitrogens is 1. The van der Waals surface area contributed by atoms with Crippen molar-refractivity contribution in [2.45, 2.75) is 6.61 Å². The SMILES string of the molecule is Fc1ccc(OCc2n[nH]c(=S)s2)cc1. The molecule has 0 aliphatic heterocycles. The predicted molar refractivity (Wildman–Crippen MR) is 58.0 cm³/mol. The lowest BCUT2D eigenvalue weighted by molar-refractivity contribution is 0.304. The van der Waals surface area contributed by atoms with Gasteiger partial charge in [-0.05, 0) is 36.5 Å². The van der Waals surface area contributed by atoms with Crippen LogP contribution in [0.3, 0.4) is 0 Å². The number of rotatable bonds is 3. The zero-order chi connectivity index (χ0) is 10.7. The van der Waals surface area contributed by atoms with E-state index in [1.165, 1.54) is 23.5 Å². The second-order valence-electron chi connectivity index (χ2n) is 2.75. The highest BCUT2D eigenvalue weighted by Gasteiger charge is 1.99. The van der Waals surface area contributed by atoms with Gasteiger partial charge in [-0.3, -0.25) is 5.10 Å². The molecule has 0 unspecified atom stereocenters. The summed E-state index contributed by atoms with van der Waals surface area (Å²) in [4.78, 5) is 0. The van der Waals surface area contributed by atoms with Crippen molar-refractivity contribution in [2.24, 2.45) is 0 Å². The molecule has 6 heteroatoms. The largest absolute Gasteiger partial charge is 0.486 e. The molecule has 3 nitrogen and oxygen atoms in total. The normalized spacial score (nSPS) is 10.2. The van der Waals surface area contributed by atoms with Gasteiger partial charge in [0.2, 0.25) is 0 Å². The van der Waals surface area contributed by atoms with E-state index >= 15 is 0 Å². The Bertz CT molecular complexity index is 491. The molecule has 1 heterocycles. The molecule has 2 aromatic rings. The molecule has 15 heavy (non-hydrogen) atoms. The van der Waals surface area contributed by atoms with Crippen LogP contribution in [0.5, 0.6) is 5.75 Å². The van der Waals surface area contributed by atoms with E-state index in [0.717, 1.165) is 5.01 Å². The predicted octanol–water partition coefficient (Wildman–Crippen LogP) is 2.92. The lowest BCUT2D eigenvalue weighted by Gasteiger charge is -2.02. The summed E-state index contributed by atoms with van der Waals surface area (Å²) in [5.74, 6) is 0.329. The van der Waals surface area contributed by atoms with Crippen molar-refractivity contribution in [3.63, 3.8) is 0 Å². The summed E-state index contributed by atoms with van der Waals surface area (Å²) in [5, 5.41) is 7.36. The van der Waals surface area contributed by atoms with E-state index in [0.29, 0.717) is 16.3 Å². The minimum Gasteiger partial charge on any atom is -0.486 e. The van der Waals surface area contributed by atoms with Gasteiger partial charge in [0.25, 0.3) is 0 Å². The van der Waals surface area contributed by atoms with Crippen molar-refractivity contribution < 1.29 is 9.13 Å². The molecule has 78 valence electrons. The topological polar surface area (TPSA) is 37.9 Å². The average Bonchev–Trinajstić information content (AvgIpc) is 2.64. The monoisotopic (exact) mass is 242 g/mol. The quantitative estimate of drug-likeness (QED) is 0.841. The summed E-state index contributed by atoms with van der Waals surface area (Å²) in [5.41, 5.74) is 0. The number of nitrogens with zero attached hydrogens (tertiary/aromatic N) is 1. The summed E-state index contributed by atoms with van der Waals surface area (Å²) < 4.78 is 18.6. The van der Waals surface area contributed by atoms with E-state index in [1.54, 1.807) is 12.1 Å². The van der Waals surface area contributed by atoms with Crippen LogP contribution in [-0.2, 0) is 6.61 Å². The van der Waals surface area contributed by atoms with Crippen molar-refractivity contribution in [3.8, 4) is 5.75 Å². The van der Waals surface area contributed by atoms with Crippen LogP contribution >= 0.6 is 23.6 Å². The van der Waals surface area contributed by atoms with Gasteiger partial charge in [0.1, 0.15) is 18.2 Å². The highest BCUT2D eigenvalue weighted by atomic mass is 32.1. The minimum atomic E-state index is -0.280. The zero-order valence-electron chi connectivity index (χ0n) is 7.57. The first-order valence-electron chi connectivity index (χ1n) is 4.17. The van der Waals surface area contributed by atoms with Gasteiger partial charge in [0.15, 0.2) is 8.96 Å². The number of benzene rings is 1. The number of ether oxygens (including phenoxy) is 1. The molecule has 1 N–H and O–H groups in total. The number of aromatic amines is 1. The molecule has 1 aromatic carbocycles. The van der Waals surface area contributed by atoms with Gasteiger partial charge in [0.05, 0.1) is 0 Å². The van der Waals surface area contributed by atoms with E-state index < -0.39 is 0 Å². The fraction of sp³-hybridized carbons (Fsp3) is 0.111. The number of nitrogens with one attached hydrogen (secondary N) is 1. The number of aromatic nitrogens is 2. The zero-order valence-corrected chi connectivity index (χ0v) is 9.20. The second-order valence-corrected chi connectivity index (χ2v) is 4.50. The molecular weight excluding hydrogens is 235 g/mol. The molecule has 0 fully saturated rings. The Morgan fingerprint density at radius 3 is 2.73 bits per heavy atom. The van der Waals surface area contributed by atoms with E-state index in [1.807, 2.05) is 0 Å². The first-order valence-corrected chi connectivity index (χ1v) is 5.39. The summed E-state index contributed by atoms with van der Waals surface area (Å²) in [7, 11) is 0. The number of hydrogen-bond acceptors (Lipinski definition) is 4. The van der Waals surface area contributed by atoms with Gasteiger partial charge < -0.3 is 4.74 Å². The molecule has 0 aliphatic rings. The number of halogens is 1. The van der Waals surface area contributed by atoms with E-state index in [4.69, 9.17) is 17.0 Å². The molecule has 2 rings (SSSR count). The van der Waals surface area contributed by atoms with Crippen molar-refractivity contribution in [1.82, 2.24) is 10.2 Å². The Kier molecular flexibility index (Phi) is 3.08. The molecule has 0 radical (unpaired) electrons. The van der Waals surface area contributed by atoms with Crippen LogP contribution in [0.2, 0.25) is 0 Å². The van der Waals surface area contributed by atoms with Crippen LogP contribution in [0.1, 0.15) is 5.01 Å². The Morgan fingerprint density at radius 1 is 1.40 bits per heavy atom. The molecule has 0 aliphatic carbocycles. The summed E-state index contributed by atoms with van der Waals surface area (Å²) in [6, 6.07) is 5.84. The molecule has 0 amide bonds. The number of hydrogen-bond donors (Lipinski definition) is 1. The molecule has 0 bridgehead atoms. The molecule has 0 atom stereocenters. The van der Waals surface area contributed by atoms with Crippen molar-refractivity contribution in [3.05, 3.63) is 39.0 Å². The van der Waals surface area contributed by atoms with Crippen molar-refractivity contribution in [2.75, 3.05) is 0 Å². The fourth-order valence-electron chi connectivity index (χ4n) is 0.998. The van der Waals surface area contributed by atoms with Gasteiger partial charge in [-0.25, -0.2) is 4.39 Å². The lowest BCUT2D eigenvalue weighted by Crippen LogP contribution is -1.94. The Morgan fingerprint density at radius 2 is 2.13 bits per heavy atom. The molecule has 0 saturated heterocycles. The third-order valence-corrected chi connectivity index (χ3v) is 2.72. The van der Waals surface area contributed by atoms with Crippen molar-refractivity contribution >= 4 is 23.6 Å². The van der Waals surface area contributed by atoms with E-state index in [9.17, 15) is 4.39 Å².